The number of anilines is 3. The Bertz CT molecular complexity index is 5780. The van der Waals surface area contributed by atoms with Crippen LogP contribution in [0.5, 0.6) is 0 Å². The van der Waals surface area contributed by atoms with Gasteiger partial charge in [-0.05, 0) is 182 Å². The molecule has 5 aromatic heterocycles. The quantitative estimate of drug-likeness (QED) is 0.155. The number of fused-ring (bicyclic) bond motifs is 13. The highest BCUT2D eigenvalue weighted by Gasteiger charge is 2.44. The molecule has 0 saturated heterocycles. The van der Waals surface area contributed by atoms with Gasteiger partial charge in [-0.1, -0.05) is 239 Å². The summed E-state index contributed by atoms with van der Waals surface area (Å²) < 4.78 is 15.5. The van der Waals surface area contributed by atoms with Crippen molar-refractivity contribution in [1.82, 2.24) is 14.5 Å². The molecule has 0 spiro atoms. The van der Waals surface area contributed by atoms with Crippen LogP contribution in [0.2, 0.25) is 0 Å². The normalized spacial score (nSPS) is 13.7. The minimum atomic E-state index is -0.259. The first-order chi connectivity index (χ1) is 48.3. The van der Waals surface area contributed by atoms with Crippen LogP contribution in [0.3, 0.4) is 0 Å². The lowest BCUT2D eigenvalue weighted by Crippen LogP contribution is -2.59. The molecule has 15 aromatic rings. The Kier molecular flexibility index (Phi) is 14.6. The molecule has 2 aliphatic heterocycles. The van der Waals surface area contributed by atoms with E-state index in [-0.39, 0.29) is 39.2 Å². The fourth-order valence-electron chi connectivity index (χ4n) is 15.7. The summed E-state index contributed by atoms with van der Waals surface area (Å²) in [5, 5.41) is 6.95. The van der Waals surface area contributed by atoms with Crippen molar-refractivity contribution in [1.29, 1.82) is 0 Å². The third-order valence-corrected chi connectivity index (χ3v) is 22.7. The van der Waals surface area contributed by atoms with Crippen LogP contribution in [0, 0.1) is 0 Å². The van der Waals surface area contributed by atoms with Gasteiger partial charge < -0.3 is 18.3 Å². The molecule has 102 heavy (non-hydrogen) atoms. The van der Waals surface area contributed by atoms with E-state index in [4.69, 9.17) is 18.8 Å². The first-order valence-electron chi connectivity index (χ1n) is 36.4. The summed E-state index contributed by atoms with van der Waals surface area (Å²) in [7, 11) is 0. The van der Waals surface area contributed by atoms with Crippen LogP contribution < -0.4 is 21.3 Å². The van der Waals surface area contributed by atoms with Gasteiger partial charge in [0.25, 0.3) is 0 Å². The van der Waals surface area contributed by atoms with Crippen LogP contribution in [-0.2, 0) is 32.5 Å². The van der Waals surface area contributed by atoms with Crippen LogP contribution in [0.25, 0.3) is 116 Å². The molecule has 506 valence electrons. The minimum absolute atomic E-state index is 0.0608. The molecule has 0 amide bonds. The topological polar surface area (TPSA) is 60.2 Å². The van der Waals surface area contributed by atoms with Crippen molar-refractivity contribution >= 4 is 118 Å². The lowest BCUT2D eigenvalue weighted by atomic mass is 9.34. The Hall–Kier alpha value is -9.89. The Morgan fingerprint density at radius 1 is 0.324 bits per heavy atom. The maximum Gasteiger partial charge on any atom is 0.249 e. The number of hydrogen-bond donors (Lipinski definition) is 0. The zero-order valence-electron chi connectivity index (χ0n) is 62.3. The molecule has 0 atom stereocenters. The number of pyridine rings is 2. The third kappa shape index (κ3) is 10.9. The van der Waals surface area contributed by atoms with Gasteiger partial charge in [-0.15, -0.1) is 0 Å². The second-order valence-corrected chi connectivity index (χ2v) is 36.2. The van der Waals surface area contributed by atoms with Crippen LogP contribution >= 0.6 is 11.8 Å². The average molecular weight is 1350 g/mol. The lowest BCUT2D eigenvalue weighted by molar-refractivity contribution is 0.531. The van der Waals surface area contributed by atoms with Gasteiger partial charge in [-0.2, -0.15) is 0 Å². The van der Waals surface area contributed by atoms with Crippen molar-refractivity contribution in [3.63, 3.8) is 0 Å². The van der Waals surface area contributed by atoms with Crippen LogP contribution in [-0.4, -0.2) is 21.2 Å². The standard InChI is InChI=1S/C94H89BN4O2S/c1-89(2,3)60-33-38-73-67(51-60)68-52-61(90(4,5)6)34-39-74(68)98(73)62-35-37-71-75(53-62)99(88-63(58-47-83(91(7,8)9)96-84(48-58)92(10,11)12)26-23-27-64(88)59-49-85(93(13,14)15)97-86(50-59)94(16,17)18)76-44-57(55-32-41-80-70(43-55)66-25-20-22-29-78(66)101-80)46-82-87(76)95(71)72-36-30-56(45-81(72)102-82)54-31-40-79-69(42-54)65-24-19-21-28-77(65)100-79/h19-53H,1-18H3. The van der Waals surface area contributed by atoms with Gasteiger partial charge in [-0.3, -0.25) is 9.97 Å². The highest BCUT2D eigenvalue weighted by atomic mass is 32.2. The summed E-state index contributed by atoms with van der Waals surface area (Å²) in [6.45, 7) is 41.4. The van der Waals surface area contributed by atoms with Crippen molar-refractivity contribution in [2.45, 2.75) is 167 Å². The fraction of sp³-hybridized carbons (Fsp3) is 0.255. The number of benzene rings is 10. The SMILES string of the molecule is CC(C)(C)c1ccc2c(c1)c1cc(C(C)(C)C)ccc1n2-c1ccc2c(c1)N(c1c(-c3cc(C(C)(C)C)nc(C(C)(C)C)c3)cccc1-c1cc(C(C)(C)C)nc(C(C)(C)C)c1)c1cc(-c3ccc4oc5ccccc5c4c3)cc3c1B2c1ccc(-c2ccc4oc5ccccc5c4c2)cc1S3. The highest BCUT2D eigenvalue weighted by Crippen LogP contribution is 2.53. The summed E-state index contributed by atoms with van der Waals surface area (Å²) in [5.74, 6) is 0. The van der Waals surface area contributed by atoms with E-state index in [1.54, 1.807) is 0 Å². The maximum atomic E-state index is 6.58. The van der Waals surface area contributed by atoms with Crippen molar-refractivity contribution < 1.29 is 8.83 Å². The smallest absolute Gasteiger partial charge is 0.249 e. The number of hydrogen-bond acceptors (Lipinski definition) is 6. The zero-order valence-corrected chi connectivity index (χ0v) is 63.1. The monoisotopic (exact) mass is 1350 g/mol. The lowest BCUT2D eigenvalue weighted by Gasteiger charge is -2.42. The number of furan rings is 2. The van der Waals surface area contributed by atoms with Gasteiger partial charge >= 0.3 is 0 Å². The van der Waals surface area contributed by atoms with Gasteiger partial charge in [0.1, 0.15) is 22.3 Å². The number of para-hydroxylation sites is 3. The van der Waals surface area contributed by atoms with Crippen molar-refractivity contribution in [2.75, 3.05) is 4.90 Å². The molecular weight excluding hydrogens is 1260 g/mol. The molecule has 0 fully saturated rings. The van der Waals surface area contributed by atoms with E-state index in [1.165, 1.54) is 59.1 Å². The number of nitrogens with zero attached hydrogens (tertiary/aromatic N) is 4. The van der Waals surface area contributed by atoms with Crippen molar-refractivity contribution in [3.05, 3.63) is 246 Å². The van der Waals surface area contributed by atoms with Gasteiger partial charge in [0.2, 0.25) is 6.71 Å². The molecule has 17 rings (SSSR count). The Labute approximate surface area is 605 Å². The van der Waals surface area contributed by atoms with E-state index in [1.807, 2.05) is 17.8 Å². The summed E-state index contributed by atoms with van der Waals surface area (Å²) >= 11 is 1.90. The van der Waals surface area contributed by atoms with Crippen molar-refractivity contribution in [3.8, 4) is 50.2 Å². The summed E-state index contributed by atoms with van der Waals surface area (Å²) in [5.41, 5.74) is 28.9. The molecule has 6 nitrogen and oxygen atoms in total. The molecular formula is C94H89BN4O2S. The van der Waals surface area contributed by atoms with E-state index >= 15 is 0 Å². The second kappa shape index (κ2) is 22.8. The summed E-state index contributed by atoms with van der Waals surface area (Å²) in [6, 6.07) is 81.1. The Balaban J connectivity index is 1.01. The molecule has 0 radical (unpaired) electrons. The predicted molar refractivity (Wildman–Crippen MR) is 435 cm³/mol. The third-order valence-electron chi connectivity index (χ3n) is 21.5. The number of rotatable bonds is 6. The molecule has 0 N–H and O–H groups in total. The first-order valence-corrected chi connectivity index (χ1v) is 37.2. The van der Waals surface area contributed by atoms with E-state index < -0.39 is 0 Å². The second-order valence-electron chi connectivity index (χ2n) is 35.1. The molecule has 10 aromatic carbocycles. The van der Waals surface area contributed by atoms with Gasteiger partial charge in [0.05, 0.1) is 16.7 Å². The average Bonchev–Trinajstić information content (AvgIpc) is 0.909. The molecule has 0 bridgehead atoms. The molecule has 7 heterocycles. The van der Waals surface area contributed by atoms with Crippen LogP contribution in [0.4, 0.5) is 17.1 Å². The Morgan fingerprint density at radius 2 is 0.765 bits per heavy atom. The molecule has 8 heteroatoms. The van der Waals surface area contributed by atoms with E-state index in [2.05, 4.69) is 340 Å². The molecule has 2 aliphatic rings. The molecule has 0 saturated carbocycles. The highest BCUT2D eigenvalue weighted by molar-refractivity contribution is 8.00. The number of aromatic nitrogens is 3. The maximum absolute atomic E-state index is 6.58. The van der Waals surface area contributed by atoms with Gasteiger partial charge in [-0.25, -0.2) is 0 Å². The zero-order chi connectivity index (χ0) is 71.2. The van der Waals surface area contributed by atoms with Gasteiger partial charge in [0, 0.05) is 115 Å². The van der Waals surface area contributed by atoms with Crippen molar-refractivity contribution in [2.24, 2.45) is 0 Å². The first kappa shape index (κ1) is 65.4. The van der Waals surface area contributed by atoms with Gasteiger partial charge in [0.15, 0.2) is 0 Å². The largest absolute Gasteiger partial charge is 0.456 e. The molecule has 0 unspecified atom stereocenters. The van der Waals surface area contributed by atoms with Crippen LogP contribution in [0.1, 0.15) is 159 Å². The van der Waals surface area contributed by atoms with E-state index in [0.717, 1.165) is 134 Å². The predicted octanol–water partition coefficient (Wildman–Crippen LogP) is 24.6. The Morgan fingerprint density at radius 3 is 1.25 bits per heavy atom. The van der Waals surface area contributed by atoms with E-state index in [0.29, 0.717) is 0 Å². The summed E-state index contributed by atoms with van der Waals surface area (Å²) in [4.78, 5) is 16.3. The molecule has 0 aliphatic carbocycles. The van der Waals surface area contributed by atoms with E-state index in [9.17, 15) is 0 Å². The van der Waals surface area contributed by atoms with Crippen LogP contribution in [0.15, 0.2) is 231 Å². The fourth-order valence-corrected chi connectivity index (χ4v) is 16.9. The summed E-state index contributed by atoms with van der Waals surface area (Å²) in [6.07, 6.45) is 0. The minimum Gasteiger partial charge on any atom is -0.456 e.